The molecular weight excluding hydrogens is 488 g/mol. The molecule has 1 atom stereocenters. The minimum Gasteiger partial charge on any atom is -0.494 e. The summed E-state index contributed by atoms with van der Waals surface area (Å²) in [5.74, 6) is -0.680. The molecule has 1 aliphatic heterocycles. The van der Waals surface area contributed by atoms with Gasteiger partial charge in [-0.25, -0.2) is 18.0 Å². The van der Waals surface area contributed by atoms with Gasteiger partial charge in [-0.1, -0.05) is 28.1 Å². The Bertz CT molecular complexity index is 1110. The Morgan fingerprint density at radius 3 is 2.32 bits per heavy atom. The van der Waals surface area contributed by atoms with E-state index in [1.807, 2.05) is 6.92 Å². The summed E-state index contributed by atoms with van der Waals surface area (Å²) in [5, 5.41) is 5.13. The number of rotatable bonds is 7. The molecule has 0 saturated heterocycles. The summed E-state index contributed by atoms with van der Waals surface area (Å²) >= 11 is 3.27. The fourth-order valence-corrected chi connectivity index (χ4v) is 4.76. The molecule has 0 unspecified atom stereocenters. The SMILES string of the molecule is CCOc1ccc([C@@H]2NC(=O)NC(CS(=O)(=O)c3ccc(Br)cc3)=C2C(=O)OC)cc1. The lowest BCUT2D eigenvalue weighted by atomic mass is 9.95. The van der Waals surface area contributed by atoms with Crippen molar-refractivity contribution in [3.8, 4) is 5.75 Å². The van der Waals surface area contributed by atoms with E-state index in [0.29, 0.717) is 17.9 Å². The van der Waals surface area contributed by atoms with Crippen LogP contribution in [0.2, 0.25) is 0 Å². The number of methoxy groups -OCH3 is 1. The first-order valence-corrected chi connectivity index (χ1v) is 11.8. The highest BCUT2D eigenvalue weighted by Crippen LogP contribution is 2.30. The number of nitrogens with one attached hydrogen (secondary N) is 2. The van der Waals surface area contributed by atoms with Gasteiger partial charge in [-0.3, -0.25) is 0 Å². The van der Waals surface area contributed by atoms with Crippen LogP contribution in [0.1, 0.15) is 18.5 Å². The monoisotopic (exact) mass is 508 g/mol. The Labute approximate surface area is 188 Å². The molecular formula is C21H21BrN2O6S. The van der Waals surface area contributed by atoms with E-state index in [1.165, 1.54) is 19.2 Å². The number of hydrogen-bond acceptors (Lipinski definition) is 6. The molecule has 0 aliphatic carbocycles. The number of esters is 1. The lowest BCUT2D eigenvalue weighted by Gasteiger charge is -2.29. The Balaban J connectivity index is 2.04. The molecule has 3 rings (SSSR count). The van der Waals surface area contributed by atoms with Gasteiger partial charge in [0.25, 0.3) is 0 Å². The minimum atomic E-state index is -3.84. The number of sulfone groups is 1. The Kier molecular flexibility index (Phi) is 7.01. The van der Waals surface area contributed by atoms with Gasteiger partial charge in [-0.15, -0.1) is 0 Å². The first-order valence-electron chi connectivity index (χ1n) is 9.35. The van der Waals surface area contributed by atoms with Crippen LogP contribution in [0.5, 0.6) is 5.75 Å². The van der Waals surface area contributed by atoms with Gasteiger partial charge in [-0.05, 0) is 48.9 Å². The maximum Gasteiger partial charge on any atom is 0.338 e. The fourth-order valence-electron chi connectivity index (χ4n) is 3.17. The van der Waals surface area contributed by atoms with E-state index in [9.17, 15) is 18.0 Å². The second-order valence-corrected chi connectivity index (χ2v) is 9.54. The summed E-state index contributed by atoms with van der Waals surface area (Å²) in [7, 11) is -2.65. The fraction of sp³-hybridized carbons (Fsp3) is 0.238. The molecule has 2 N–H and O–H groups in total. The van der Waals surface area contributed by atoms with Crippen molar-refractivity contribution >= 4 is 37.8 Å². The van der Waals surface area contributed by atoms with Crippen molar-refractivity contribution in [3.63, 3.8) is 0 Å². The topological polar surface area (TPSA) is 111 Å². The van der Waals surface area contributed by atoms with Gasteiger partial charge in [-0.2, -0.15) is 0 Å². The van der Waals surface area contributed by atoms with Crippen molar-refractivity contribution in [3.05, 3.63) is 69.8 Å². The Hall–Kier alpha value is -2.85. The first-order chi connectivity index (χ1) is 14.7. The molecule has 31 heavy (non-hydrogen) atoms. The third-order valence-electron chi connectivity index (χ3n) is 4.59. The van der Waals surface area contributed by atoms with E-state index in [1.54, 1.807) is 36.4 Å². The summed E-state index contributed by atoms with van der Waals surface area (Å²) in [6.07, 6.45) is 0. The molecule has 2 amide bonds. The number of carbonyl (C=O) groups is 2. The zero-order valence-electron chi connectivity index (χ0n) is 16.8. The van der Waals surface area contributed by atoms with Crippen LogP contribution in [0.4, 0.5) is 4.79 Å². The van der Waals surface area contributed by atoms with E-state index >= 15 is 0 Å². The number of ether oxygens (including phenoxy) is 2. The smallest absolute Gasteiger partial charge is 0.338 e. The van der Waals surface area contributed by atoms with Crippen LogP contribution in [0.3, 0.4) is 0 Å². The van der Waals surface area contributed by atoms with Crippen LogP contribution in [-0.4, -0.2) is 39.9 Å². The predicted molar refractivity (Wildman–Crippen MR) is 117 cm³/mol. The molecule has 1 aliphatic rings. The molecule has 1 heterocycles. The molecule has 0 aromatic heterocycles. The minimum absolute atomic E-state index is 0.0203. The molecule has 0 spiro atoms. The van der Waals surface area contributed by atoms with Crippen LogP contribution in [-0.2, 0) is 19.4 Å². The highest BCUT2D eigenvalue weighted by atomic mass is 79.9. The third-order valence-corrected chi connectivity index (χ3v) is 6.78. The van der Waals surface area contributed by atoms with Crippen molar-refractivity contribution in [1.82, 2.24) is 10.6 Å². The van der Waals surface area contributed by atoms with Crippen molar-refractivity contribution in [2.75, 3.05) is 19.5 Å². The summed E-state index contributed by atoms with van der Waals surface area (Å²) < 4.78 is 36.9. The van der Waals surface area contributed by atoms with Crippen LogP contribution in [0, 0.1) is 0 Å². The summed E-state index contributed by atoms with van der Waals surface area (Å²) in [6.45, 7) is 2.35. The van der Waals surface area contributed by atoms with Gasteiger partial charge >= 0.3 is 12.0 Å². The van der Waals surface area contributed by atoms with Crippen LogP contribution < -0.4 is 15.4 Å². The molecule has 0 radical (unpaired) electrons. The average Bonchev–Trinajstić information content (AvgIpc) is 2.73. The number of hydrogen-bond donors (Lipinski definition) is 2. The number of amides is 2. The van der Waals surface area contributed by atoms with Crippen molar-refractivity contribution in [2.24, 2.45) is 0 Å². The van der Waals surface area contributed by atoms with E-state index < -0.39 is 33.6 Å². The standard InChI is InChI=1S/C21H21BrN2O6S/c1-3-30-15-8-4-13(5-9-15)19-18(20(25)29-2)17(23-21(26)24-19)12-31(27,28)16-10-6-14(22)7-11-16/h4-11,19H,3,12H2,1-2H3,(H2,23,24,26)/t19-/m0/s1. The van der Waals surface area contributed by atoms with Crippen molar-refractivity contribution in [1.29, 1.82) is 0 Å². The maximum atomic E-state index is 12.9. The molecule has 0 bridgehead atoms. The Morgan fingerprint density at radius 2 is 1.74 bits per heavy atom. The molecule has 2 aromatic rings. The second-order valence-electron chi connectivity index (χ2n) is 6.63. The highest BCUT2D eigenvalue weighted by Gasteiger charge is 2.35. The highest BCUT2D eigenvalue weighted by molar-refractivity contribution is 9.10. The number of carbonyl (C=O) groups excluding carboxylic acids is 2. The van der Waals surface area contributed by atoms with Gasteiger partial charge in [0.05, 0.1) is 36.0 Å². The number of benzene rings is 2. The zero-order valence-corrected chi connectivity index (χ0v) is 19.2. The lowest BCUT2D eigenvalue weighted by Crippen LogP contribution is -2.47. The second kappa shape index (κ2) is 9.52. The van der Waals surface area contributed by atoms with Crippen LogP contribution in [0.15, 0.2) is 69.2 Å². The van der Waals surface area contributed by atoms with Crippen LogP contribution in [0.25, 0.3) is 0 Å². The van der Waals surface area contributed by atoms with E-state index in [4.69, 9.17) is 9.47 Å². The molecule has 10 heteroatoms. The van der Waals surface area contributed by atoms with E-state index in [2.05, 4.69) is 26.6 Å². The Morgan fingerprint density at radius 1 is 1.10 bits per heavy atom. The normalized spacial score (nSPS) is 16.4. The van der Waals surface area contributed by atoms with Gasteiger partial charge in [0.1, 0.15) is 5.75 Å². The average molecular weight is 509 g/mol. The van der Waals surface area contributed by atoms with Gasteiger partial charge in [0.2, 0.25) is 0 Å². The summed E-state index contributed by atoms with van der Waals surface area (Å²) in [6, 6.07) is 11.4. The first kappa shape index (κ1) is 22.8. The molecule has 0 saturated carbocycles. The quantitative estimate of drug-likeness (QED) is 0.555. The van der Waals surface area contributed by atoms with Crippen LogP contribution >= 0.6 is 15.9 Å². The number of urea groups is 1. The zero-order chi connectivity index (χ0) is 22.6. The van der Waals surface area contributed by atoms with E-state index in [0.717, 1.165) is 4.47 Å². The largest absolute Gasteiger partial charge is 0.494 e. The molecule has 2 aromatic carbocycles. The van der Waals surface area contributed by atoms with Crippen molar-refractivity contribution < 1.29 is 27.5 Å². The molecule has 164 valence electrons. The van der Waals surface area contributed by atoms with E-state index in [-0.39, 0.29) is 16.2 Å². The summed E-state index contributed by atoms with van der Waals surface area (Å²) in [5.41, 5.74) is 0.571. The van der Waals surface area contributed by atoms with Gasteiger partial charge in [0.15, 0.2) is 9.84 Å². The van der Waals surface area contributed by atoms with Gasteiger partial charge < -0.3 is 20.1 Å². The van der Waals surface area contributed by atoms with Crippen molar-refractivity contribution in [2.45, 2.75) is 17.9 Å². The number of halogens is 1. The molecule has 0 fully saturated rings. The predicted octanol–water partition coefficient (Wildman–Crippen LogP) is 3.10. The van der Waals surface area contributed by atoms with Gasteiger partial charge in [0, 0.05) is 10.2 Å². The lowest BCUT2D eigenvalue weighted by molar-refractivity contribution is -0.136. The molecule has 8 nitrogen and oxygen atoms in total. The third kappa shape index (κ3) is 5.26. The maximum absolute atomic E-state index is 12.9. The summed E-state index contributed by atoms with van der Waals surface area (Å²) in [4.78, 5) is 25.0.